The Morgan fingerprint density at radius 1 is 1.10 bits per heavy atom. The molecule has 0 spiro atoms. The van der Waals surface area contributed by atoms with Gasteiger partial charge >= 0.3 is 0 Å². The molecule has 0 amide bonds. The molecule has 108 valence electrons. The van der Waals surface area contributed by atoms with Gasteiger partial charge in [0.1, 0.15) is 12.2 Å². The lowest BCUT2D eigenvalue weighted by Gasteiger charge is -2.39. The van der Waals surface area contributed by atoms with Crippen molar-refractivity contribution in [1.82, 2.24) is 0 Å². The lowest BCUT2D eigenvalue weighted by molar-refractivity contribution is -0.288. The Morgan fingerprint density at radius 2 is 1.90 bits per heavy atom. The molecule has 0 radical (unpaired) electrons. The molecule has 4 atom stereocenters. The summed E-state index contributed by atoms with van der Waals surface area (Å²) in [5.41, 5.74) is 0.993. The molecule has 20 heavy (non-hydrogen) atoms. The van der Waals surface area contributed by atoms with E-state index >= 15 is 0 Å². The van der Waals surface area contributed by atoms with Gasteiger partial charge in [-0.3, -0.25) is 0 Å². The number of methoxy groups -OCH3 is 2. The highest BCUT2D eigenvalue weighted by atomic mass is 16.7. The van der Waals surface area contributed by atoms with Crippen LogP contribution in [0.2, 0.25) is 0 Å². The largest absolute Gasteiger partial charge is 0.496 e. The molecule has 2 aliphatic rings. The molecule has 0 aliphatic carbocycles. The van der Waals surface area contributed by atoms with Crippen LogP contribution in [0.5, 0.6) is 0 Å². The fourth-order valence-corrected chi connectivity index (χ4v) is 2.40. The molecule has 3 rings (SSSR count). The third-order valence-corrected chi connectivity index (χ3v) is 3.44. The second kappa shape index (κ2) is 5.93. The topological polar surface area (TPSA) is 46.2 Å². The summed E-state index contributed by atoms with van der Waals surface area (Å²) in [7, 11) is 3.17. The maximum Gasteiger partial charge on any atom is 0.216 e. The van der Waals surface area contributed by atoms with Crippen molar-refractivity contribution in [3.8, 4) is 0 Å². The summed E-state index contributed by atoms with van der Waals surface area (Å²) in [6.07, 6.45) is 0.645. The molecule has 2 aliphatic heterocycles. The van der Waals surface area contributed by atoms with Crippen molar-refractivity contribution in [1.29, 1.82) is 0 Å². The van der Waals surface area contributed by atoms with Crippen LogP contribution in [-0.4, -0.2) is 39.3 Å². The normalized spacial score (nSPS) is 33.2. The van der Waals surface area contributed by atoms with E-state index in [0.717, 1.165) is 5.56 Å². The first kappa shape index (κ1) is 13.6. The van der Waals surface area contributed by atoms with E-state index in [9.17, 15) is 0 Å². The van der Waals surface area contributed by atoms with Gasteiger partial charge in [-0.15, -0.1) is 0 Å². The second-order valence-corrected chi connectivity index (χ2v) is 4.69. The molecular weight excluding hydrogens is 260 g/mol. The van der Waals surface area contributed by atoms with Crippen molar-refractivity contribution in [3.63, 3.8) is 0 Å². The zero-order valence-corrected chi connectivity index (χ0v) is 11.5. The van der Waals surface area contributed by atoms with E-state index < -0.39 is 6.29 Å². The summed E-state index contributed by atoms with van der Waals surface area (Å²) < 4.78 is 27.9. The van der Waals surface area contributed by atoms with E-state index in [1.54, 1.807) is 14.2 Å². The van der Waals surface area contributed by atoms with Crippen LogP contribution in [0.15, 0.2) is 42.2 Å². The van der Waals surface area contributed by atoms with Crippen molar-refractivity contribution >= 4 is 0 Å². The minimum Gasteiger partial charge on any atom is -0.496 e. The highest BCUT2D eigenvalue weighted by Crippen LogP contribution is 2.32. The third kappa shape index (κ3) is 2.58. The second-order valence-electron chi connectivity index (χ2n) is 4.69. The Hall–Kier alpha value is -1.40. The van der Waals surface area contributed by atoms with Gasteiger partial charge in [-0.25, -0.2) is 0 Å². The molecule has 1 fully saturated rings. The first-order chi connectivity index (χ1) is 9.81. The van der Waals surface area contributed by atoms with E-state index in [-0.39, 0.29) is 18.5 Å². The van der Waals surface area contributed by atoms with Crippen LogP contribution >= 0.6 is 0 Å². The van der Waals surface area contributed by atoms with Gasteiger partial charge in [-0.1, -0.05) is 30.3 Å². The highest BCUT2D eigenvalue weighted by molar-refractivity contribution is 5.17. The summed E-state index contributed by atoms with van der Waals surface area (Å²) >= 11 is 0. The molecule has 0 bridgehead atoms. The zero-order valence-electron chi connectivity index (χ0n) is 11.5. The van der Waals surface area contributed by atoms with Crippen LogP contribution in [0.4, 0.5) is 0 Å². The Morgan fingerprint density at radius 3 is 2.60 bits per heavy atom. The molecule has 1 aromatic carbocycles. The van der Waals surface area contributed by atoms with E-state index in [0.29, 0.717) is 12.4 Å². The van der Waals surface area contributed by atoms with Crippen molar-refractivity contribution in [2.24, 2.45) is 0 Å². The molecule has 0 unspecified atom stereocenters. The van der Waals surface area contributed by atoms with Gasteiger partial charge in [-0.05, 0) is 6.08 Å². The van der Waals surface area contributed by atoms with Crippen LogP contribution in [0.1, 0.15) is 11.9 Å². The SMILES string of the molecule is COC1=C[C@@H]2O[C@H](c3ccccc3)OC[C@H]2O[C@@H]1OC. The van der Waals surface area contributed by atoms with Crippen molar-refractivity contribution in [2.75, 3.05) is 20.8 Å². The number of hydrogen-bond donors (Lipinski definition) is 0. The van der Waals surface area contributed by atoms with Gasteiger partial charge in [0, 0.05) is 12.7 Å². The van der Waals surface area contributed by atoms with Gasteiger partial charge in [0.25, 0.3) is 0 Å². The molecule has 2 heterocycles. The Labute approximate surface area is 118 Å². The summed E-state index contributed by atoms with van der Waals surface area (Å²) in [6, 6.07) is 9.85. The van der Waals surface area contributed by atoms with Crippen molar-refractivity contribution in [3.05, 3.63) is 47.7 Å². The van der Waals surface area contributed by atoms with E-state index in [2.05, 4.69) is 0 Å². The number of hydrogen-bond acceptors (Lipinski definition) is 5. The van der Waals surface area contributed by atoms with Crippen LogP contribution < -0.4 is 0 Å². The summed E-state index contributed by atoms with van der Waals surface area (Å²) in [4.78, 5) is 0. The molecule has 0 aromatic heterocycles. The molecule has 0 N–H and O–H groups in total. The van der Waals surface area contributed by atoms with E-state index in [1.807, 2.05) is 36.4 Å². The van der Waals surface area contributed by atoms with Gasteiger partial charge < -0.3 is 23.7 Å². The monoisotopic (exact) mass is 278 g/mol. The molecule has 1 aromatic rings. The van der Waals surface area contributed by atoms with Gasteiger partial charge in [-0.2, -0.15) is 0 Å². The Kier molecular flexibility index (Phi) is 4.03. The summed E-state index contributed by atoms with van der Waals surface area (Å²) in [5.74, 6) is 0.627. The van der Waals surface area contributed by atoms with Gasteiger partial charge in [0.05, 0.1) is 13.7 Å². The zero-order chi connectivity index (χ0) is 13.9. The summed E-state index contributed by atoms with van der Waals surface area (Å²) in [5, 5.41) is 0. The van der Waals surface area contributed by atoms with E-state index in [1.165, 1.54) is 0 Å². The van der Waals surface area contributed by atoms with Crippen molar-refractivity contribution in [2.45, 2.75) is 24.8 Å². The van der Waals surface area contributed by atoms with Crippen LogP contribution in [0, 0.1) is 0 Å². The maximum atomic E-state index is 5.94. The van der Waals surface area contributed by atoms with Gasteiger partial charge in [0.15, 0.2) is 12.0 Å². The van der Waals surface area contributed by atoms with Crippen LogP contribution in [-0.2, 0) is 23.7 Å². The Bertz CT molecular complexity index is 472. The smallest absolute Gasteiger partial charge is 0.216 e. The van der Waals surface area contributed by atoms with Crippen LogP contribution in [0.3, 0.4) is 0 Å². The lowest BCUT2D eigenvalue weighted by atomic mass is 10.1. The molecule has 5 nitrogen and oxygen atoms in total. The predicted molar refractivity (Wildman–Crippen MR) is 70.8 cm³/mol. The third-order valence-electron chi connectivity index (χ3n) is 3.44. The number of benzene rings is 1. The fourth-order valence-electron chi connectivity index (χ4n) is 2.40. The molecule has 0 saturated carbocycles. The van der Waals surface area contributed by atoms with Crippen LogP contribution in [0.25, 0.3) is 0 Å². The average molecular weight is 278 g/mol. The summed E-state index contributed by atoms with van der Waals surface area (Å²) in [6.45, 7) is 0.456. The highest BCUT2D eigenvalue weighted by Gasteiger charge is 2.39. The van der Waals surface area contributed by atoms with E-state index in [4.69, 9.17) is 23.7 Å². The lowest BCUT2D eigenvalue weighted by Crippen LogP contribution is -2.47. The molecular formula is C15H18O5. The quantitative estimate of drug-likeness (QED) is 0.846. The number of rotatable bonds is 3. The average Bonchev–Trinajstić information content (AvgIpc) is 2.53. The first-order valence-corrected chi connectivity index (χ1v) is 6.58. The minimum atomic E-state index is -0.498. The predicted octanol–water partition coefficient (Wildman–Crippen LogP) is 2.00. The van der Waals surface area contributed by atoms with Crippen molar-refractivity contribution < 1.29 is 23.7 Å². The maximum absolute atomic E-state index is 5.94. The number of fused-ring (bicyclic) bond motifs is 1. The molecule has 1 saturated heterocycles. The fraction of sp³-hybridized carbons (Fsp3) is 0.467. The minimum absolute atomic E-state index is 0.182. The standard InChI is InChI=1S/C15H18O5/c1-16-12-8-11-13(20-15(12)17-2)9-18-14(19-11)10-6-4-3-5-7-10/h3-8,11,13-15H,9H2,1-2H3/t11-,13+,14+,15-/m0/s1. The Balaban J connectivity index is 1.77. The first-order valence-electron chi connectivity index (χ1n) is 6.58. The van der Waals surface area contributed by atoms with Gasteiger partial charge in [0.2, 0.25) is 6.29 Å². The molecule has 5 heteroatoms. The number of ether oxygens (including phenoxy) is 5.